The van der Waals surface area contributed by atoms with Crippen molar-refractivity contribution in [3.05, 3.63) is 0 Å². The standard InChI is InChI=1S/C7H14O4SSi/c1-7(11-12(8,9)10)5-6-13(2,3)4/h7H,1-4H3,(H,8,9,10). The van der Waals surface area contributed by atoms with Gasteiger partial charge in [0.25, 0.3) is 0 Å². The van der Waals surface area contributed by atoms with Gasteiger partial charge in [-0.05, 0) is 6.92 Å². The van der Waals surface area contributed by atoms with Gasteiger partial charge in [-0.3, -0.25) is 4.55 Å². The molecule has 0 saturated carbocycles. The lowest BCUT2D eigenvalue weighted by Crippen LogP contribution is -2.19. The van der Waals surface area contributed by atoms with Crippen molar-refractivity contribution in [3.63, 3.8) is 0 Å². The molecule has 0 radical (unpaired) electrons. The molecule has 0 aromatic rings. The second-order valence-electron chi connectivity index (χ2n) is 3.69. The van der Waals surface area contributed by atoms with Crippen molar-refractivity contribution in [2.75, 3.05) is 0 Å². The second-order valence-corrected chi connectivity index (χ2v) is 9.48. The number of hydrogen-bond donors (Lipinski definition) is 1. The molecule has 0 aliphatic carbocycles. The molecule has 0 heterocycles. The highest BCUT2D eigenvalue weighted by Crippen LogP contribution is 1.99. The summed E-state index contributed by atoms with van der Waals surface area (Å²) in [4.78, 5) is 0. The average molecular weight is 222 g/mol. The van der Waals surface area contributed by atoms with E-state index in [1.807, 2.05) is 19.6 Å². The maximum absolute atomic E-state index is 10.2. The Hall–Kier alpha value is -0.353. The molecule has 0 aliphatic rings. The Bertz CT molecular complexity index is 317. The van der Waals surface area contributed by atoms with Crippen molar-refractivity contribution in [2.24, 2.45) is 0 Å². The zero-order valence-corrected chi connectivity index (χ0v) is 9.97. The van der Waals surface area contributed by atoms with E-state index in [1.165, 1.54) is 6.92 Å². The summed E-state index contributed by atoms with van der Waals surface area (Å²) in [5, 5.41) is 0. The molecule has 0 aliphatic heterocycles. The molecule has 0 aromatic carbocycles. The lowest BCUT2D eigenvalue weighted by Gasteiger charge is -2.06. The molecule has 4 nitrogen and oxygen atoms in total. The quantitative estimate of drug-likeness (QED) is 0.431. The SMILES string of the molecule is CC(C#C[Si](C)(C)C)OS(=O)(=O)O. The van der Waals surface area contributed by atoms with Crippen LogP contribution in [0.4, 0.5) is 0 Å². The first-order valence-corrected chi connectivity index (χ1v) is 8.65. The van der Waals surface area contributed by atoms with Crippen molar-refractivity contribution < 1.29 is 17.2 Å². The van der Waals surface area contributed by atoms with Crippen LogP contribution in [0.1, 0.15) is 6.92 Å². The van der Waals surface area contributed by atoms with Crippen molar-refractivity contribution in [3.8, 4) is 11.5 Å². The fourth-order valence-electron chi connectivity index (χ4n) is 0.525. The van der Waals surface area contributed by atoms with Crippen LogP contribution in [0.3, 0.4) is 0 Å². The molecule has 1 N–H and O–H groups in total. The maximum atomic E-state index is 10.2. The number of rotatable bonds is 2. The lowest BCUT2D eigenvalue weighted by molar-refractivity contribution is 0.241. The first-order chi connectivity index (χ1) is 5.60. The van der Waals surface area contributed by atoms with Gasteiger partial charge < -0.3 is 0 Å². The van der Waals surface area contributed by atoms with Gasteiger partial charge in [0.05, 0.1) is 0 Å². The summed E-state index contributed by atoms with van der Waals surface area (Å²) in [6, 6.07) is 0. The highest BCUT2D eigenvalue weighted by molar-refractivity contribution is 7.80. The predicted octanol–water partition coefficient (Wildman–Crippen LogP) is 1.08. The molecule has 1 atom stereocenters. The second kappa shape index (κ2) is 4.24. The molecule has 0 spiro atoms. The van der Waals surface area contributed by atoms with Crippen LogP contribution in [0.2, 0.25) is 19.6 Å². The summed E-state index contributed by atoms with van der Waals surface area (Å²) in [5.41, 5.74) is 2.93. The minimum atomic E-state index is -4.38. The van der Waals surface area contributed by atoms with Gasteiger partial charge in [0.1, 0.15) is 14.2 Å². The molecule has 76 valence electrons. The van der Waals surface area contributed by atoms with Gasteiger partial charge in [-0.25, -0.2) is 4.18 Å². The van der Waals surface area contributed by atoms with E-state index in [1.54, 1.807) is 0 Å². The van der Waals surface area contributed by atoms with Crippen LogP contribution in [0.25, 0.3) is 0 Å². The molecular formula is C7H14O4SSi. The third-order valence-electron chi connectivity index (χ3n) is 0.916. The smallest absolute Gasteiger partial charge is 0.263 e. The summed E-state index contributed by atoms with van der Waals surface area (Å²) >= 11 is 0. The van der Waals surface area contributed by atoms with Crippen molar-refractivity contribution >= 4 is 18.5 Å². The molecule has 13 heavy (non-hydrogen) atoms. The highest BCUT2D eigenvalue weighted by atomic mass is 32.3. The largest absolute Gasteiger partial charge is 0.398 e. The fourth-order valence-corrected chi connectivity index (χ4v) is 1.57. The van der Waals surface area contributed by atoms with Crippen molar-refractivity contribution in [2.45, 2.75) is 32.7 Å². The van der Waals surface area contributed by atoms with E-state index in [-0.39, 0.29) is 0 Å². The van der Waals surface area contributed by atoms with Crippen LogP contribution in [0, 0.1) is 11.5 Å². The zero-order chi connectivity index (χ0) is 10.7. The van der Waals surface area contributed by atoms with Gasteiger partial charge >= 0.3 is 10.4 Å². The molecule has 1 unspecified atom stereocenters. The summed E-state index contributed by atoms with van der Waals surface area (Å²) in [6.45, 7) is 7.56. The first-order valence-electron chi connectivity index (χ1n) is 3.78. The van der Waals surface area contributed by atoms with Gasteiger partial charge in [0.15, 0.2) is 0 Å². The Labute approximate surface area is 80.3 Å². The third-order valence-corrected chi connectivity index (χ3v) is 2.34. The Kier molecular flexibility index (Phi) is 4.12. The van der Waals surface area contributed by atoms with Crippen LogP contribution in [0.15, 0.2) is 0 Å². The zero-order valence-electron chi connectivity index (χ0n) is 8.16. The monoisotopic (exact) mass is 222 g/mol. The maximum Gasteiger partial charge on any atom is 0.398 e. The Morgan fingerprint density at radius 2 is 1.85 bits per heavy atom. The molecule has 0 bridgehead atoms. The normalized spacial score (nSPS) is 14.5. The Balaban J connectivity index is 4.31. The van der Waals surface area contributed by atoms with Gasteiger partial charge in [0.2, 0.25) is 0 Å². The van der Waals surface area contributed by atoms with Crippen LogP contribution >= 0.6 is 0 Å². The third kappa shape index (κ3) is 9.56. The van der Waals surface area contributed by atoms with Crippen LogP contribution < -0.4 is 0 Å². The molecule has 0 amide bonds. The van der Waals surface area contributed by atoms with E-state index in [4.69, 9.17) is 4.55 Å². The minimum Gasteiger partial charge on any atom is -0.263 e. The summed E-state index contributed by atoms with van der Waals surface area (Å²) < 4.78 is 33.0. The fraction of sp³-hybridized carbons (Fsp3) is 0.714. The molecule has 0 aromatic heterocycles. The van der Waals surface area contributed by atoms with Gasteiger partial charge in [-0.1, -0.05) is 25.6 Å². The van der Waals surface area contributed by atoms with Crippen molar-refractivity contribution in [1.82, 2.24) is 0 Å². The van der Waals surface area contributed by atoms with Gasteiger partial charge in [-0.15, -0.1) is 5.54 Å². The summed E-state index contributed by atoms with van der Waals surface area (Å²) in [7, 11) is -5.89. The summed E-state index contributed by atoms with van der Waals surface area (Å²) in [5.74, 6) is 2.63. The average Bonchev–Trinajstić information content (AvgIpc) is 1.78. The molecule has 0 rings (SSSR count). The first kappa shape index (κ1) is 12.6. The number of hydrogen-bond acceptors (Lipinski definition) is 3. The minimum absolute atomic E-state index is 0.790. The van der Waals surface area contributed by atoms with Crippen LogP contribution in [-0.2, 0) is 14.6 Å². The van der Waals surface area contributed by atoms with Gasteiger partial charge in [-0.2, -0.15) is 8.42 Å². The van der Waals surface area contributed by atoms with E-state index >= 15 is 0 Å². The van der Waals surface area contributed by atoms with E-state index < -0.39 is 24.6 Å². The molecule has 0 saturated heterocycles. The molecule has 6 heteroatoms. The van der Waals surface area contributed by atoms with Gasteiger partial charge in [0, 0.05) is 0 Å². The van der Waals surface area contributed by atoms with Crippen molar-refractivity contribution in [1.29, 1.82) is 0 Å². The molecule has 0 fully saturated rings. The van der Waals surface area contributed by atoms with E-state index in [2.05, 4.69) is 15.6 Å². The van der Waals surface area contributed by atoms with E-state index in [0.717, 1.165) is 0 Å². The van der Waals surface area contributed by atoms with E-state index in [9.17, 15) is 8.42 Å². The van der Waals surface area contributed by atoms with E-state index in [0.29, 0.717) is 0 Å². The lowest BCUT2D eigenvalue weighted by atomic mass is 10.4. The van der Waals surface area contributed by atoms with Crippen LogP contribution in [0.5, 0.6) is 0 Å². The molecular weight excluding hydrogens is 208 g/mol. The highest BCUT2D eigenvalue weighted by Gasteiger charge is 2.11. The Morgan fingerprint density at radius 3 is 2.15 bits per heavy atom. The summed E-state index contributed by atoms with van der Waals surface area (Å²) in [6.07, 6.45) is -0.790. The predicted molar refractivity (Wildman–Crippen MR) is 53.2 cm³/mol. The Morgan fingerprint density at radius 1 is 1.38 bits per heavy atom. The van der Waals surface area contributed by atoms with Crippen LogP contribution in [-0.4, -0.2) is 27.1 Å². The topological polar surface area (TPSA) is 63.6 Å².